The first-order chi connectivity index (χ1) is 15.3. The summed E-state index contributed by atoms with van der Waals surface area (Å²) in [5.41, 5.74) is 12.4. The van der Waals surface area contributed by atoms with Crippen molar-refractivity contribution in [2.24, 2.45) is 23.5 Å². The molecule has 0 spiro atoms. The third-order valence-corrected chi connectivity index (χ3v) is 8.16. The minimum atomic E-state index is -0.0697. The van der Waals surface area contributed by atoms with Crippen LogP contribution in [0.5, 0.6) is 0 Å². The number of nitrogens with two attached hydrogens (primary N) is 1. The zero-order valence-corrected chi connectivity index (χ0v) is 19.8. The SMILES string of the molecule is CC1=C(N)C(C)C2CC(C)(CC3CCN(c4ccc(-n5ccnc5)cc4)CC3)OC2=C1C. The van der Waals surface area contributed by atoms with E-state index in [9.17, 15) is 0 Å². The van der Waals surface area contributed by atoms with Gasteiger partial charge in [-0.1, -0.05) is 6.92 Å². The molecule has 2 aromatic rings. The van der Waals surface area contributed by atoms with Gasteiger partial charge in [0.2, 0.25) is 0 Å². The van der Waals surface area contributed by atoms with Crippen molar-refractivity contribution in [3.05, 3.63) is 65.6 Å². The highest BCUT2D eigenvalue weighted by Gasteiger charge is 2.47. The summed E-state index contributed by atoms with van der Waals surface area (Å²) in [7, 11) is 0. The van der Waals surface area contributed by atoms with Gasteiger partial charge < -0.3 is 19.9 Å². The van der Waals surface area contributed by atoms with Crippen LogP contribution in [0, 0.1) is 17.8 Å². The predicted molar refractivity (Wildman–Crippen MR) is 129 cm³/mol. The van der Waals surface area contributed by atoms with Gasteiger partial charge in [0.1, 0.15) is 11.4 Å². The van der Waals surface area contributed by atoms with Crippen LogP contribution < -0.4 is 10.6 Å². The molecule has 5 rings (SSSR count). The summed E-state index contributed by atoms with van der Waals surface area (Å²) < 4.78 is 8.73. The summed E-state index contributed by atoms with van der Waals surface area (Å²) in [5.74, 6) is 2.74. The number of hydrogen-bond acceptors (Lipinski definition) is 4. The number of imidazole rings is 1. The Kier molecular flexibility index (Phi) is 5.31. The molecule has 5 nitrogen and oxygen atoms in total. The van der Waals surface area contributed by atoms with E-state index in [2.05, 4.69) is 61.8 Å². The molecular weight excluding hydrogens is 396 g/mol. The number of piperidine rings is 1. The quantitative estimate of drug-likeness (QED) is 0.700. The van der Waals surface area contributed by atoms with Gasteiger partial charge in [-0.3, -0.25) is 0 Å². The molecule has 0 bridgehead atoms. The standard InChI is InChI=1S/C27H36N4O/c1-18-19(2)26-24(20(3)25(18)28)16-27(4,32-26)15-21-9-12-30(13-10-21)22-5-7-23(8-6-22)31-14-11-29-17-31/h5-8,11,14,17,20-21,24H,9-10,12-13,15-16,28H2,1-4H3. The first kappa shape index (κ1) is 21.2. The van der Waals surface area contributed by atoms with E-state index in [1.54, 1.807) is 0 Å². The Bertz CT molecular complexity index is 1030. The average molecular weight is 433 g/mol. The molecule has 1 aliphatic carbocycles. The Labute approximate surface area is 192 Å². The van der Waals surface area contributed by atoms with Crippen LogP contribution in [-0.2, 0) is 4.74 Å². The lowest BCUT2D eigenvalue weighted by Crippen LogP contribution is -2.37. The van der Waals surface area contributed by atoms with Gasteiger partial charge in [0, 0.05) is 54.4 Å². The Morgan fingerprint density at radius 2 is 1.78 bits per heavy atom. The number of ether oxygens (including phenoxy) is 1. The summed E-state index contributed by atoms with van der Waals surface area (Å²) in [6.45, 7) is 11.1. The van der Waals surface area contributed by atoms with Crippen LogP contribution in [0.2, 0.25) is 0 Å². The second-order valence-electron chi connectivity index (χ2n) is 10.3. The number of hydrogen-bond donors (Lipinski definition) is 1. The van der Waals surface area contributed by atoms with E-state index in [1.807, 2.05) is 23.3 Å². The maximum Gasteiger partial charge on any atom is 0.107 e. The van der Waals surface area contributed by atoms with Crippen molar-refractivity contribution in [1.82, 2.24) is 9.55 Å². The Balaban J connectivity index is 1.20. The third kappa shape index (κ3) is 3.72. The minimum absolute atomic E-state index is 0.0697. The van der Waals surface area contributed by atoms with E-state index >= 15 is 0 Å². The van der Waals surface area contributed by atoms with Crippen molar-refractivity contribution in [2.75, 3.05) is 18.0 Å². The van der Waals surface area contributed by atoms with Crippen molar-refractivity contribution in [3.8, 4) is 5.69 Å². The van der Waals surface area contributed by atoms with Crippen LogP contribution in [-0.4, -0.2) is 28.2 Å². The van der Waals surface area contributed by atoms with Crippen LogP contribution >= 0.6 is 0 Å². The van der Waals surface area contributed by atoms with E-state index in [-0.39, 0.29) is 5.60 Å². The number of nitrogens with zero attached hydrogens (tertiary/aromatic N) is 3. The van der Waals surface area contributed by atoms with E-state index < -0.39 is 0 Å². The molecule has 1 aromatic carbocycles. The summed E-state index contributed by atoms with van der Waals surface area (Å²) in [6.07, 6.45) is 10.3. The molecule has 2 aliphatic heterocycles. The molecule has 3 atom stereocenters. The van der Waals surface area contributed by atoms with Crippen LogP contribution in [0.4, 0.5) is 5.69 Å². The zero-order valence-electron chi connectivity index (χ0n) is 19.8. The fraction of sp³-hybridized carbons (Fsp3) is 0.519. The average Bonchev–Trinajstić information content (AvgIpc) is 3.45. The molecule has 5 heteroatoms. The topological polar surface area (TPSA) is 56.3 Å². The Morgan fingerprint density at radius 3 is 2.44 bits per heavy atom. The highest BCUT2D eigenvalue weighted by molar-refractivity contribution is 5.51. The first-order valence-corrected chi connectivity index (χ1v) is 12.0. The number of fused-ring (bicyclic) bond motifs is 1. The monoisotopic (exact) mass is 432 g/mol. The highest BCUT2D eigenvalue weighted by atomic mass is 16.5. The number of rotatable bonds is 4. The minimum Gasteiger partial charge on any atom is -0.491 e. The summed E-state index contributed by atoms with van der Waals surface area (Å²) in [4.78, 5) is 6.66. The molecule has 0 saturated carbocycles. The molecule has 3 unspecified atom stereocenters. The van der Waals surface area contributed by atoms with Gasteiger partial charge in [0.05, 0.1) is 6.33 Å². The normalized spacial score (nSPS) is 28.8. The van der Waals surface area contributed by atoms with Crippen molar-refractivity contribution >= 4 is 5.69 Å². The molecule has 3 heterocycles. The smallest absolute Gasteiger partial charge is 0.107 e. The van der Waals surface area contributed by atoms with Gasteiger partial charge in [-0.25, -0.2) is 4.98 Å². The number of aromatic nitrogens is 2. The van der Waals surface area contributed by atoms with Crippen molar-refractivity contribution in [3.63, 3.8) is 0 Å². The van der Waals surface area contributed by atoms with Gasteiger partial charge in [-0.05, 0) is 87.8 Å². The summed E-state index contributed by atoms with van der Waals surface area (Å²) in [6, 6.07) is 8.82. The van der Waals surface area contributed by atoms with E-state index in [1.165, 1.54) is 35.4 Å². The highest BCUT2D eigenvalue weighted by Crippen LogP contribution is 2.51. The second kappa shape index (κ2) is 8.02. The molecule has 0 amide bonds. The Hall–Kier alpha value is -2.69. The van der Waals surface area contributed by atoms with E-state index in [0.29, 0.717) is 17.8 Å². The third-order valence-electron chi connectivity index (χ3n) is 8.16. The van der Waals surface area contributed by atoms with E-state index in [4.69, 9.17) is 10.5 Å². The lowest BCUT2D eigenvalue weighted by Gasteiger charge is -2.37. The molecule has 2 fully saturated rings. The molecule has 2 saturated heterocycles. The lowest BCUT2D eigenvalue weighted by molar-refractivity contribution is 0.0288. The molecule has 32 heavy (non-hydrogen) atoms. The first-order valence-electron chi connectivity index (χ1n) is 12.0. The van der Waals surface area contributed by atoms with Gasteiger partial charge in [-0.2, -0.15) is 0 Å². The van der Waals surface area contributed by atoms with Crippen molar-refractivity contribution in [1.29, 1.82) is 0 Å². The maximum absolute atomic E-state index is 6.69. The summed E-state index contributed by atoms with van der Waals surface area (Å²) >= 11 is 0. The molecule has 2 N–H and O–H groups in total. The van der Waals surface area contributed by atoms with Gasteiger partial charge in [0.25, 0.3) is 0 Å². The molecule has 1 aromatic heterocycles. The Morgan fingerprint density at radius 1 is 1.09 bits per heavy atom. The number of anilines is 1. The van der Waals surface area contributed by atoms with Crippen molar-refractivity contribution < 1.29 is 4.74 Å². The summed E-state index contributed by atoms with van der Waals surface area (Å²) in [5, 5.41) is 0. The maximum atomic E-state index is 6.69. The largest absolute Gasteiger partial charge is 0.491 e. The van der Waals surface area contributed by atoms with Crippen LogP contribution in [0.15, 0.2) is 65.6 Å². The van der Waals surface area contributed by atoms with Crippen LogP contribution in [0.25, 0.3) is 5.69 Å². The number of allylic oxidation sites excluding steroid dienone is 4. The molecule has 0 radical (unpaired) electrons. The molecular formula is C27H36N4O. The van der Waals surface area contributed by atoms with E-state index in [0.717, 1.165) is 37.3 Å². The fourth-order valence-corrected chi connectivity index (χ4v) is 6.04. The van der Waals surface area contributed by atoms with Crippen LogP contribution in [0.1, 0.15) is 53.4 Å². The van der Waals surface area contributed by atoms with Gasteiger partial charge >= 0.3 is 0 Å². The van der Waals surface area contributed by atoms with Gasteiger partial charge in [0.15, 0.2) is 0 Å². The predicted octanol–water partition coefficient (Wildman–Crippen LogP) is 5.43. The zero-order chi connectivity index (χ0) is 22.5. The van der Waals surface area contributed by atoms with Gasteiger partial charge in [-0.15, -0.1) is 0 Å². The molecule has 3 aliphatic rings. The number of benzene rings is 1. The fourth-order valence-electron chi connectivity index (χ4n) is 6.04. The molecule has 170 valence electrons. The lowest BCUT2D eigenvalue weighted by atomic mass is 9.75. The van der Waals surface area contributed by atoms with Crippen LogP contribution in [0.3, 0.4) is 0 Å². The second-order valence-corrected chi connectivity index (χ2v) is 10.3. The van der Waals surface area contributed by atoms with Crippen molar-refractivity contribution in [2.45, 2.75) is 59.0 Å².